The van der Waals surface area contributed by atoms with Crippen molar-refractivity contribution in [2.45, 2.75) is 19.9 Å². The minimum absolute atomic E-state index is 0.144. The van der Waals surface area contributed by atoms with E-state index in [-0.39, 0.29) is 11.9 Å². The topological polar surface area (TPSA) is 85.1 Å². The quantitative estimate of drug-likeness (QED) is 0.819. The van der Waals surface area contributed by atoms with Gasteiger partial charge in [0.05, 0.1) is 23.1 Å². The second-order valence-electron chi connectivity index (χ2n) is 4.02. The molecule has 0 radical (unpaired) electrons. The first-order valence-electron chi connectivity index (χ1n) is 5.23. The van der Waals surface area contributed by atoms with E-state index in [2.05, 4.69) is 10.3 Å². The molecule has 0 aliphatic rings. The Bertz CT molecular complexity index is 448. The number of pyridine rings is 1. The number of aryl methyl sites for hydroxylation is 1. The predicted octanol–water partition coefficient (Wildman–Crippen LogP) is 0.469. The number of amides is 1. The van der Waals surface area contributed by atoms with Crippen molar-refractivity contribution < 1.29 is 9.00 Å². The Balaban J connectivity index is 2.76. The van der Waals surface area contributed by atoms with Gasteiger partial charge in [0.15, 0.2) is 0 Å². The molecule has 1 heterocycles. The molecule has 0 bridgehead atoms. The molecule has 6 heteroatoms. The third-order valence-corrected chi connectivity index (χ3v) is 3.18. The van der Waals surface area contributed by atoms with Crippen molar-refractivity contribution in [2.75, 3.05) is 17.7 Å². The molecular formula is C11H17N3O2S. The van der Waals surface area contributed by atoms with Crippen LogP contribution in [0.1, 0.15) is 23.0 Å². The van der Waals surface area contributed by atoms with Crippen molar-refractivity contribution in [1.29, 1.82) is 0 Å². The summed E-state index contributed by atoms with van der Waals surface area (Å²) in [4.78, 5) is 15.9. The van der Waals surface area contributed by atoms with Crippen molar-refractivity contribution >= 4 is 22.4 Å². The van der Waals surface area contributed by atoms with Crippen LogP contribution in [0.25, 0.3) is 0 Å². The maximum atomic E-state index is 11.9. The second kappa shape index (κ2) is 5.77. The number of nitrogens with zero attached hydrogens (tertiary/aromatic N) is 1. The molecule has 0 saturated heterocycles. The fourth-order valence-electron chi connectivity index (χ4n) is 1.47. The van der Waals surface area contributed by atoms with Crippen LogP contribution in [0.2, 0.25) is 0 Å². The fraction of sp³-hybridized carbons (Fsp3) is 0.455. The largest absolute Gasteiger partial charge is 0.397 e. The molecule has 2 atom stereocenters. The van der Waals surface area contributed by atoms with Gasteiger partial charge in [-0.1, -0.05) is 0 Å². The number of rotatable bonds is 4. The molecule has 1 aromatic rings. The van der Waals surface area contributed by atoms with Crippen LogP contribution in [-0.2, 0) is 10.8 Å². The van der Waals surface area contributed by atoms with E-state index in [9.17, 15) is 9.00 Å². The van der Waals surface area contributed by atoms with Crippen LogP contribution in [0, 0.1) is 6.92 Å². The number of nitrogens with two attached hydrogens (primary N) is 1. The summed E-state index contributed by atoms with van der Waals surface area (Å²) in [5.41, 5.74) is 7.12. The molecule has 1 aromatic heterocycles. The van der Waals surface area contributed by atoms with E-state index in [0.717, 1.165) is 0 Å². The smallest absolute Gasteiger partial charge is 0.253 e. The molecule has 0 fully saturated rings. The van der Waals surface area contributed by atoms with Crippen molar-refractivity contribution in [3.05, 3.63) is 23.5 Å². The van der Waals surface area contributed by atoms with E-state index in [4.69, 9.17) is 5.73 Å². The average Bonchev–Trinajstić information content (AvgIpc) is 2.20. The molecular weight excluding hydrogens is 238 g/mol. The number of carbonyl (C=O) groups excluding carboxylic acids is 1. The lowest BCUT2D eigenvalue weighted by atomic mass is 10.1. The number of carbonyl (C=O) groups is 1. The van der Waals surface area contributed by atoms with Crippen LogP contribution >= 0.6 is 0 Å². The van der Waals surface area contributed by atoms with Crippen molar-refractivity contribution in [3.8, 4) is 0 Å². The number of hydrogen-bond donors (Lipinski definition) is 2. The summed E-state index contributed by atoms with van der Waals surface area (Å²) in [5.74, 6) is 0.195. The first-order valence-corrected chi connectivity index (χ1v) is 6.96. The van der Waals surface area contributed by atoms with Gasteiger partial charge < -0.3 is 11.1 Å². The number of nitrogens with one attached hydrogen (secondary N) is 1. The summed E-state index contributed by atoms with van der Waals surface area (Å²) >= 11 is 0. The molecule has 1 rings (SSSR count). The molecule has 5 nitrogen and oxygen atoms in total. The summed E-state index contributed by atoms with van der Waals surface area (Å²) in [6, 6.07) is 1.45. The molecule has 0 saturated carbocycles. The molecule has 0 aliphatic heterocycles. The Morgan fingerprint density at radius 2 is 2.29 bits per heavy atom. The minimum Gasteiger partial charge on any atom is -0.397 e. The Morgan fingerprint density at radius 3 is 2.88 bits per heavy atom. The maximum absolute atomic E-state index is 11.9. The Hall–Kier alpha value is -1.43. The zero-order valence-electron chi connectivity index (χ0n) is 10.2. The van der Waals surface area contributed by atoms with Gasteiger partial charge in [0.2, 0.25) is 0 Å². The highest BCUT2D eigenvalue weighted by Gasteiger charge is 2.13. The maximum Gasteiger partial charge on any atom is 0.253 e. The van der Waals surface area contributed by atoms with Gasteiger partial charge >= 0.3 is 0 Å². The van der Waals surface area contributed by atoms with Crippen LogP contribution in [0.5, 0.6) is 0 Å². The zero-order valence-corrected chi connectivity index (χ0v) is 11.0. The SMILES string of the molecule is Cc1ncc(N)cc1C(=O)NC(C)CS(C)=O. The number of aromatic nitrogens is 1. The van der Waals surface area contributed by atoms with Crippen LogP contribution in [-0.4, -0.2) is 33.2 Å². The monoisotopic (exact) mass is 255 g/mol. The Morgan fingerprint density at radius 1 is 1.65 bits per heavy atom. The highest BCUT2D eigenvalue weighted by molar-refractivity contribution is 7.84. The lowest BCUT2D eigenvalue weighted by Crippen LogP contribution is -2.36. The van der Waals surface area contributed by atoms with Crippen LogP contribution in [0.15, 0.2) is 12.3 Å². The lowest BCUT2D eigenvalue weighted by molar-refractivity contribution is 0.0942. The normalized spacial score (nSPS) is 14.1. The van der Waals surface area contributed by atoms with Gasteiger partial charge in [0, 0.05) is 28.9 Å². The summed E-state index contributed by atoms with van der Waals surface area (Å²) < 4.78 is 11.0. The van der Waals surface area contributed by atoms with Crippen molar-refractivity contribution in [3.63, 3.8) is 0 Å². The average molecular weight is 255 g/mol. The third-order valence-electron chi connectivity index (χ3n) is 2.21. The molecule has 0 aromatic carbocycles. The third kappa shape index (κ3) is 4.14. The molecule has 0 spiro atoms. The molecule has 17 heavy (non-hydrogen) atoms. The van der Waals surface area contributed by atoms with E-state index in [1.807, 2.05) is 6.92 Å². The Kier molecular flexibility index (Phi) is 4.62. The minimum atomic E-state index is -0.933. The van der Waals surface area contributed by atoms with Gasteiger partial charge in [-0.3, -0.25) is 14.0 Å². The lowest BCUT2D eigenvalue weighted by Gasteiger charge is -2.13. The number of nitrogen functional groups attached to an aromatic ring is 1. The first kappa shape index (κ1) is 13.6. The summed E-state index contributed by atoms with van der Waals surface area (Å²) in [6.45, 7) is 3.56. The van der Waals surface area contributed by atoms with Gasteiger partial charge in [-0.05, 0) is 19.9 Å². The van der Waals surface area contributed by atoms with Gasteiger partial charge in [-0.15, -0.1) is 0 Å². The van der Waals surface area contributed by atoms with E-state index in [1.165, 1.54) is 6.20 Å². The van der Waals surface area contributed by atoms with E-state index >= 15 is 0 Å². The second-order valence-corrected chi connectivity index (χ2v) is 5.50. The summed E-state index contributed by atoms with van der Waals surface area (Å²) in [7, 11) is -0.933. The Labute approximate surface area is 103 Å². The number of hydrogen-bond acceptors (Lipinski definition) is 4. The van der Waals surface area contributed by atoms with Crippen LogP contribution in [0.3, 0.4) is 0 Å². The van der Waals surface area contributed by atoms with Gasteiger partial charge in [0.25, 0.3) is 5.91 Å². The molecule has 1 amide bonds. The summed E-state index contributed by atoms with van der Waals surface area (Å²) in [5, 5.41) is 2.77. The van der Waals surface area contributed by atoms with Crippen LogP contribution in [0.4, 0.5) is 5.69 Å². The predicted molar refractivity (Wildman–Crippen MR) is 69.2 cm³/mol. The van der Waals surface area contributed by atoms with Crippen molar-refractivity contribution in [1.82, 2.24) is 10.3 Å². The molecule has 2 unspecified atom stereocenters. The zero-order chi connectivity index (χ0) is 13.0. The van der Waals surface area contributed by atoms with E-state index < -0.39 is 10.8 Å². The molecule has 3 N–H and O–H groups in total. The van der Waals surface area contributed by atoms with Gasteiger partial charge in [-0.25, -0.2) is 0 Å². The highest BCUT2D eigenvalue weighted by atomic mass is 32.2. The standard InChI is InChI=1S/C11H17N3O2S/c1-7(6-17(3)16)14-11(15)10-4-9(12)5-13-8(10)2/h4-5,7H,6,12H2,1-3H3,(H,14,15). The van der Waals surface area contributed by atoms with Gasteiger partial charge in [-0.2, -0.15) is 0 Å². The van der Waals surface area contributed by atoms with Gasteiger partial charge in [0.1, 0.15) is 0 Å². The fourth-order valence-corrected chi connectivity index (χ4v) is 2.26. The molecule has 0 aliphatic carbocycles. The first-order chi connectivity index (χ1) is 7.90. The molecule has 94 valence electrons. The van der Waals surface area contributed by atoms with Crippen LogP contribution < -0.4 is 11.1 Å². The summed E-state index contributed by atoms with van der Waals surface area (Å²) in [6.07, 6.45) is 3.12. The number of anilines is 1. The highest BCUT2D eigenvalue weighted by Crippen LogP contribution is 2.09. The van der Waals surface area contributed by atoms with E-state index in [1.54, 1.807) is 19.2 Å². The van der Waals surface area contributed by atoms with Crippen molar-refractivity contribution in [2.24, 2.45) is 0 Å². The van der Waals surface area contributed by atoms with E-state index in [0.29, 0.717) is 22.7 Å².